The van der Waals surface area contributed by atoms with E-state index in [-0.39, 0.29) is 17.4 Å². The lowest BCUT2D eigenvalue weighted by atomic mass is 9.69. The van der Waals surface area contributed by atoms with Crippen LogP contribution in [0.1, 0.15) is 89.6 Å². The number of nitrogens with one attached hydrogen (secondary N) is 2. The van der Waals surface area contributed by atoms with Crippen LogP contribution in [0.4, 0.5) is 0 Å². The molecule has 0 spiro atoms. The molecule has 2 unspecified atom stereocenters. The van der Waals surface area contributed by atoms with Gasteiger partial charge in [-0.05, 0) is 88.1 Å². The Hall–Kier alpha value is -3.03. The molecule has 1 amide bonds. The number of carbonyl (C=O) groups is 3. The molecular weight excluding hydrogens is 490 g/mol. The van der Waals surface area contributed by atoms with Gasteiger partial charge in [0.15, 0.2) is 0 Å². The molecule has 2 atom stereocenters. The van der Waals surface area contributed by atoms with Crippen molar-refractivity contribution in [1.82, 2.24) is 15.5 Å². The second-order valence-electron chi connectivity index (χ2n) is 12.2. The van der Waals surface area contributed by atoms with Crippen molar-refractivity contribution >= 4 is 17.5 Å². The molecule has 7 heteroatoms. The third-order valence-electron chi connectivity index (χ3n) is 8.99. The molecule has 1 aliphatic heterocycles. The van der Waals surface area contributed by atoms with Gasteiger partial charge in [0.25, 0.3) is 0 Å². The minimum absolute atomic E-state index is 0.0202. The van der Waals surface area contributed by atoms with E-state index < -0.39 is 11.6 Å². The van der Waals surface area contributed by atoms with Crippen LogP contribution in [-0.2, 0) is 23.2 Å². The third kappa shape index (κ3) is 5.27. The number of amides is 1. The summed E-state index contributed by atoms with van der Waals surface area (Å²) in [6.07, 6.45) is 8.77. The molecule has 7 nitrogen and oxygen atoms in total. The molecule has 39 heavy (non-hydrogen) atoms. The molecule has 2 heterocycles. The summed E-state index contributed by atoms with van der Waals surface area (Å²) in [6, 6.07) is 4.13. The fourth-order valence-corrected chi connectivity index (χ4v) is 6.35. The first kappa shape index (κ1) is 27.5. The van der Waals surface area contributed by atoms with Crippen LogP contribution in [0.25, 0.3) is 11.3 Å². The van der Waals surface area contributed by atoms with E-state index in [1.807, 2.05) is 33.0 Å². The highest BCUT2D eigenvalue weighted by molar-refractivity contribution is 6.53. The van der Waals surface area contributed by atoms with Crippen LogP contribution in [0.5, 0.6) is 0 Å². The van der Waals surface area contributed by atoms with E-state index in [9.17, 15) is 14.4 Å². The third-order valence-corrected chi connectivity index (χ3v) is 8.99. The maximum absolute atomic E-state index is 13.4. The number of carbonyl (C=O) groups excluding carboxylic acids is 3. The molecule has 0 radical (unpaired) electrons. The normalized spacial score (nSPS) is 21.0. The first-order valence-electron chi connectivity index (χ1n) is 14.3. The summed E-state index contributed by atoms with van der Waals surface area (Å²) in [7, 11) is 1.97. The minimum Gasteiger partial charge on any atom is -0.459 e. The number of piperidine rings is 1. The Morgan fingerprint density at radius 1 is 1.23 bits per heavy atom. The van der Waals surface area contributed by atoms with Crippen molar-refractivity contribution in [2.45, 2.75) is 77.8 Å². The van der Waals surface area contributed by atoms with E-state index in [1.165, 1.54) is 5.56 Å². The molecule has 2 aliphatic carbocycles. The number of hydrogen-bond donors (Lipinski definition) is 2. The molecule has 2 aromatic rings. The number of fused-ring (bicyclic) bond motifs is 5. The Labute approximate surface area is 231 Å². The lowest BCUT2D eigenvalue weighted by Crippen LogP contribution is -2.39. The van der Waals surface area contributed by atoms with Crippen LogP contribution in [0, 0.1) is 12.8 Å². The van der Waals surface area contributed by atoms with Crippen LogP contribution < -0.4 is 10.6 Å². The molecule has 5 rings (SSSR count). The topological polar surface area (TPSA) is 91.7 Å². The SMILES string of the molecule is Cc1c(CN(C)C(C)CNC(=O)/C=C/C2CCCNC2)oc2c1C(=O)C(=O)c1c-2ccc2c1CCCC2(C)C. The largest absolute Gasteiger partial charge is 0.459 e. The van der Waals surface area contributed by atoms with Crippen molar-refractivity contribution < 1.29 is 18.8 Å². The molecule has 1 aromatic heterocycles. The maximum atomic E-state index is 13.4. The number of benzene rings is 1. The zero-order chi connectivity index (χ0) is 27.9. The minimum atomic E-state index is -0.468. The smallest absolute Gasteiger partial charge is 0.243 e. The summed E-state index contributed by atoms with van der Waals surface area (Å²) in [5.74, 6) is 0.642. The lowest BCUT2D eigenvalue weighted by Gasteiger charge is -2.34. The Bertz CT molecular complexity index is 1330. The van der Waals surface area contributed by atoms with Gasteiger partial charge in [-0.3, -0.25) is 19.3 Å². The fourth-order valence-electron chi connectivity index (χ4n) is 6.35. The van der Waals surface area contributed by atoms with Gasteiger partial charge in [-0.1, -0.05) is 32.1 Å². The highest BCUT2D eigenvalue weighted by Crippen LogP contribution is 2.45. The standard InChI is InChI=1S/C32H41N3O4/c1-19(16-34-26(36)13-10-21-8-7-15-33-17-21)35(5)18-25-20(2)27-29(37)30(38)28-22-9-6-14-32(3,4)24(22)12-11-23(28)31(27)39-25/h10-13,19,21,33H,6-9,14-18H2,1-5H3,(H,34,36)/b13-10+. The highest BCUT2D eigenvalue weighted by Gasteiger charge is 2.40. The average molecular weight is 532 g/mol. The van der Waals surface area contributed by atoms with Crippen molar-refractivity contribution in [1.29, 1.82) is 0 Å². The summed E-state index contributed by atoms with van der Waals surface area (Å²) in [6.45, 7) is 11.3. The van der Waals surface area contributed by atoms with E-state index in [2.05, 4.69) is 35.4 Å². The molecule has 2 N–H and O–H groups in total. The van der Waals surface area contributed by atoms with Crippen molar-refractivity contribution in [3.8, 4) is 11.3 Å². The quantitative estimate of drug-likeness (QED) is 0.396. The van der Waals surface area contributed by atoms with Crippen molar-refractivity contribution in [2.75, 3.05) is 26.7 Å². The van der Waals surface area contributed by atoms with E-state index in [0.717, 1.165) is 61.9 Å². The Kier molecular flexibility index (Phi) is 7.66. The molecule has 3 aliphatic rings. The van der Waals surface area contributed by atoms with Crippen LogP contribution in [0.2, 0.25) is 0 Å². The fraction of sp³-hybridized carbons (Fsp3) is 0.531. The van der Waals surface area contributed by atoms with Crippen LogP contribution in [0.15, 0.2) is 28.7 Å². The highest BCUT2D eigenvalue weighted by atomic mass is 16.3. The number of nitrogens with zero attached hydrogens (tertiary/aromatic N) is 1. The molecule has 208 valence electrons. The Morgan fingerprint density at radius 2 is 2.00 bits per heavy atom. The van der Waals surface area contributed by atoms with Gasteiger partial charge >= 0.3 is 0 Å². The summed E-state index contributed by atoms with van der Waals surface area (Å²) in [5.41, 5.74) is 4.56. The zero-order valence-electron chi connectivity index (χ0n) is 23.9. The van der Waals surface area contributed by atoms with Crippen molar-refractivity contribution in [2.24, 2.45) is 5.92 Å². The van der Waals surface area contributed by atoms with Gasteiger partial charge in [0.05, 0.1) is 12.1 Å². The van der Waals surface area contributed by atoms with E-state index in [1.54, 1.807) is 6.08 Å². The number of hydrogen-bond acceptors (Lipinski definition) is 6. The van der Waals surface area contributed by atoms with E-state index in [4.69, 9.17) is 4.42 Å². The predicted octanol–water partition coefficient (Wildman–Crippen LogP) is 4.74. The van der Waals surface area contributed by atoms with Gasteiger partial charge in [-0.2, -0.15) is 0 Å². The zero-order valence-corrected chi connectivity index (χ0v) is 23.9. The number of likely N-dealkylation sites (N-methyl/N-ethyl adjacent to an activating group) is 1. The summed E-state index contributed by atoms with van der Waals surface area (Å²) in [5, 5.41) is 6.35. The number of ketones is 2. The Morgan fingerprint density at radius 3 is 2.74 bits per heavy atom. The van der Waals surface area contributed by atoms with Gasteiger partial charge in [-0.25, -0.2) is 0 Å². The van der Waals surface area contributed by atoms with E-state index >= 15 is 0 Å². The number of Topliss-reactive ketones (excluding diaryl/α,β-unsaturated/α-hetero) is 2. The first-order chi connectivity index (χ1) is 18.6. The molecule has 1 saturated heterocycles. The monoisotopic (exact) mass is 531 g/mol. The number of rotatable bonds is 7. The summed E-state index contributed by atoms with van der Waals surface area (Å²) >= 11 is 0. The van der Waals surface area contributed by atoms with Gasteiger partial charge in [0, 0.05) is 35.8 Å². The molecule has 1 fully saturated rings. The van der Waals surface area contributed by atoms with Gasteiger partial charge in [0.2, 0.25) is 17.5 Å². The summed E-state index contributed by atoms with van der Waals surface area (Å²) in [4.78, 5) is 41.2. The molecule has 1 aromatic carbocycles. The van der Waals surface area contributed by atoms with Gasteiger partial charge in [-0.15, -0.1) is 0 Å². The lowest BCUT2D eigenvalue weighted by molar-refractivity contribution is -0.116. The molecular formula is C32H41N3O4. The predicted molar refractivity (Wildman–Crippen MR) is 152 cm³/mol. The number of furan rings is 1. The second kappa shape index (κ2) is 10.9. The van der Waals surface area contributed by atoms with Crippen LogP contribution in [-0.4, -0.2) is 55.1 Å². The van der Waals surface area contributed by atoms with Gasteiger partial charge in [0.1, 0.15) is 11.5 Å². The van der Waals surface area contributed by atoms with Crippen LogP contribution >= 0.6 is 0 Å². The van der Waals surface area contributed by atoms with Gasteiger partial charge < -0.3 is 15.1 Å². The Balaban J connectivity index is 1.31. The molecule has 0 saturated carbocycles. The van der Waals surface area contributed by atoms with E-state index in [0.29, 0.717) is 41.7 Å². The molecule has 0 bridgehead atoms. The maximum Gasteiger partial charge on any atom is 0.243 e. The second-order valence-corrected chi connectivity index (χ2v) is 12.2. The van der Waals surface area contributed by atoms with Crippen LogP contribution in [0.3, 0.4) is 0 Å². The summed E-state index contributed by atoms with van der Waals surface area (Å²) < 4.78 is 6.36. The van der Waals surface area contributed by atoms with Crippen molar-refractivity contribution in [3.63, 3.8) is 0 Å². The van der Waals surface area contributed by atoms with Crippen molar-refractivity contribution in [3.05, 3.63) is 57.9 Å². The first-order valence-corrected chi connectivity index (χ1v) is 14.3. The average Bonchev–Trinajstić information content (AvgIpc) is 3.24.